The van der Waals surface area contributed by atoms with Gasteiger partial charge in [-0.25, -0.2) is 4.79 Å². The average molecular weight is 239 g/mol. The van der Waals surface area contributed by atoms with Crippen LogP contribution in [-0.4, -0.2) is 41.3 Å². The lowest BCUT2D eigenvalue weighted by molar-refractivity contribution is -0.145. The highest BCUT2D eigenvalue weighted by Gasteiger charge is 2.33. The highest BCUT2D eigenvalue weighted by atomic mass is 16.6. The Balaban J connectivity index is 1.94. The predicted octanol–water partition coefficient (Wildman–Crippen LogP) is 1.64. The molecule has 94 valence electrons. The molecule has 17 heavy (non-hydrogen) atoms. The molecule has 1 amide bonds. The van der Waals surface area contributed by atoms with E-state index in [-0.39, 0.29) is 6.09 Å². The van der Waals surface area contributed by atoms with Gasteiger partial charge in [-0.1, -0.05) is 12.2 Å². The van der Waals surface area contributed by atoms with Gasteiger partial charge in [-0.2, -0.15) is 0 Å². The second kappa shape index (κ2) is 5.21. The number of allylic oxidation sites excluding steroid dienone is 1. The lowest BCUT2D eigenvalue weighted by Crippen LogP contribution is -2.38. The molecule has 0 aromatic heterocycles. The number of rotatable bonds is 2. The summed E-state index contributed by atoms with van der Waals surface area (Å²) in [7, 11) is 0. The molecular formula is C12H17NO4. The third kappa shape index (κ3) is 2.78. The summed E-state index contributed by atoms with van der Waals surface area (Å²) in [5.74, 6) is -1.50. The maximum absolute atomic E-state index is 11.8. The molecule has 2 atom stereocenters. The zero-order chi connectivity index (χ0) is 12.3. The van der Waals surface area contributed by atoms with Gasteiger partial charge in [0.1, 0.15) is 6.10 Å². The van der Waals surface area contributed by atoms with Crippen LogP contribution in [-0.2, 0) is 9.53 Å². The van der Waals surface area contributed by atoms with Crippen molar-refractivity contribution >= 4 is 12.1 Å². The van der Waals surface area contributed by atoms with Gasteiger partial charge in [-0.15, -0.1) is 0 Å². The molecule has 0 aromatic rings. The molecular weight excluding hydrogens is 222 g/mol. The van der Waals surface area contributed by atoms with Gasteiger partial charge in [0.2, 0.25) is 0 Å². The fourth-order valence-electron chi connectivity index (χ4n) is 2.28. The average Bonchev–Trinajstić information content (AvgIpc) is 2.83. The van der Waals surface area contributed by atoms with E-state index in [2.05, 4.69) is 0 Å². The number of ether oxygens (including phenoxy) is 1. The van der Waals surface area contributed by atoms with Crippen LogP contribution < -0.4 is 0 Å². The number of hydrogen-bond acceptors (Lipinski definition) is 3. The Morgan fingerprint density at radius 3 is 2.47 bits per heavy atom. The molecule has 0 saturated carbocycles. The van der Waals surface area contributed by atoms with Gasteiger partial charge >= 0.3 is 12.1 Å². The van der Waals surface area contributed by atoms with Crippen molar-refractivity contribution < 1.29 is 19.4 Å². The van der Waals surface area contributed by atoms with Crippen molar-refractivity contribution in [3.8, 4) is 0 Å². The standard InChI is InChI=1S/C12H17NO4/c14-11(15)9-5-1-2-6-10(9)17-12(16)13-7-3-4-8-13/h1-2,9-10H,3-8H2,(H,14,15)/t9-,10+/m1/s1. The van der Waals surface area contributed by atoms with Crippen LogP contribution in [0.4, 0.5) is 4.79 Å². The van der Waals surface area contributed by atoms with Crippen LogP contribution in [0.2, 0.25) is 0 Å². The molecule has 5 heteroatoms. The molecule has 1 N–H and O–H groups in total. The molecule has 2 aliphatic rings. The molecule has 2 rings (SSSR count). The Morgan fingerprint density at radius 1 is 1.18 bits per heavy atom. The first kappa shape index (κ1) is 12.0. The number of nitrogens with zero attached hydrogens (tertiary/aromatic N) is 1. The van der Waals surface area contributed by atoms with Crippen LogP contribution in [0.25, 0.3) is 0 Å². The minimum Gasteiger partial charge on any atom is -0.481 e. The Bertz CT molecular complexity index is 333. The summed E-state index contributed by atoms with van der Waals surface area (Å²) in [5.41, 5.74) is 0. The number of amides is 1. The Kier molecular flexibility index (Phi) is 3.66. The van der Waals surface area contributed by atoms with Crippen LogP contribution in [0, 0.1) is 5.92 Å². The second-order valence-corrected chi connectivity index (χ2v) is 4.50. The van der Waals surface area contributed by atoms with Crippen LogP contribution in [0.15, 0.2) is 12.2 Å². The first-order valence-electron chi connectivity index (χ1n) is 6.02. The number of aliphatic carboxylic acids is 1. The zero-order valence-electron chi connectivity index (χ0n) is 9.67. The largest absolute Gasteiger partial charge is 0.481 e. The molecule has 1 heterocycles. The van der Waals surface area contributed by atoms with Gasteiger partial charge in [0.15, 0.2) is 0 Å². The zero-order valence-corrected chi connectivity index (χ0v) is 9.67. The highest BCUT2D eigenvalue weighted by molar-refractivity contribution is 5.73. The van der Waals surface area contributed by atoms with E-state index in [1.54, 1.807) is 4.90 Å². The molecule has 0 spiro atoms. The quantitative estimate of drug-likeness (QED) is 0.744. The topological polar surface area (TPSA) is 66.8 Å². The summed E-state index contributed by atoms with van der Waals surface area (Å²) in [4.78, 5) is 24.4. The second-order valence-electron chi connectivity index (χ2n) is 4.50. The van der Waals surface area contributed by atoms with Gasteiger partial charge in [0.25, 0.3) is 0 Å². The Labute approximate surface area is 100 Å². The van der Waals surface area contributed by atoms with Crippen molar-refractivity contribution in [1.82, 2.24) is 4.90 Å². The third-order valence-electron chi connectivity index (χ3n) is 3.31. The van der Waals surface area contributed by atoms with E-state index >= 15 is 0 Å². The van der Waals surface area contributed by atoms with Gasteiger partial charge in [0, 0.05) is 19.5 Å². The van der Waals surface area contributed by atoms with Gasteiger partial charge < -0.3 is 14.7 Å². The summed E-state index contributed by atoms with van der Waals surface area (Å²) >= 11 is 0. The van der Waals surface area contributed by atoms with Gasteiger partial charge in [-0.3, -0.25) is 4.79 Å². The van der Waals surface area contributed by atoms with E-state index in [0.717, 1.165) is 25.9 Å². The number of likely N-dealkylation sites (tertiary alicyclic amines) is 1. The molecule has 0 unspecified atom stereocenters. The number of carboxylic acids is 1. The number of carbonyl (C=O) groups excluding carboxylic acids is 1. The summed E-state index contributed by atoms with van der Waals surface area (Å²) in [6.45, 7) is 1.44. The van der Waals surface area contributed by atoms with E-state index in [1.165, 1.54) is 0 Å². The minimum atomic E-state index is -0.895. The molecule has 1 saturated heterocycles. The van der Waals surface area contributed by atoms with Crippen molar-refractivity contribution in [3.05, 3.63) is 12.2 Å². The van der Waals surface area contributed by atoms with Crippen LogP contribution in [0.5, 0.6) is 0 Å². The highest BCUT2D eigenvalue weighted by Crippen LogP contribution is 2.23. The molecule has 0 bridgehead atoms. The lowest BCUT2D eigenvalue weighted by Gasteiger charge is -2.27. The smallest absolute Gasteiger partial charge is 0.410 e. The maximum Gasteiger partial charge on any atom is 0.410 e. The monoisotopic (exact) mass is 239 g/mol. The first-order chi connectivity index (χ1) is 8.18. The van der Waals surface area contributed by atoms with Crippen molar-refractivity contribution in [1.29, 1.82) is 0 Å². The Hall–Kier alpha value is -1.52. The lowest BCUT2D eigenvalue weighted by atomic mass is 9.91. The first-order valence-corrected chi connectivity index (χ1v) is 6.02. The Morgan fingerprint density at radius 2 is 1.82 bits per heavy atom. The predicted molar refractivity (Wildman–Crippen MR) is 60.6 cm³/mol. The van der Waals surface area contributed by atoms with E-state index in [0.29, 0.717) is 12.8 Å². The fourth-order valence-corrected chi connectivity index (χ4v) is 2.28. The molecule has 0 aromatic carbocycles. The maximum atomic E-state index is 11.8. The van der Waals surface area contributed by atoms with Crippen LogP contribution in [0.1, 0.15) is 25.7 Å². The summed E-state index contributed by atoms with van der Waals surface area (Å²) in [6, 6.07) is 0. The van der Waals surface area contributed by atoms with Crippen molar-refractivity contribution in [3.63, 3.8) is 0 Å². The molecule has 1 aliphatic carbocycles. The normalized spacial score (nSPS) is 28.1. The SMILES string of the molecule is O=C(O)[C@@H]1CC=CC[C@@H]1OC(=O)N1CCCC1. The number of hydrogen-bond donors (Lipinski definition) is 1. The van der Waals surface area contributed by atoms with Crippen molar-refractivity contribution in [2.75, 3.05) is 13.1 Å². The minimum absolute atomic E-state index is 0.367. The molecule has 5 nitrogen and oxygen atoms in total. The van der Waals surface area contributed by atoms with Gasteiger partial charge in [0.05, 0.1) is 5.92 Å². The van der Waals surface area contributed by atoms with Crippen LogP contribution in [0.3, 0.4) is 0 Å². The summed E-state index contributed by atoms with van der Waals surface area (Å²) in [5, 5.41) is 9.05. The van der Waals surface area contributed by atoms with Crippen LogP contribution >= 0.6 is 0 Å². The third-order valence-corrected chi connectivity index (χ3v) is 3.31. The van der Waals surface area contributed by atoms with Crippen molar-refractivity contribution in [2.24, 2.45) is 5.92 Å². The van der Waals surface area contributed by atoms with E-state index < -0.39 is 18.0 Å². The molecule has 1 fully saturated rings. The van der Waals surface area contributed by atoms with E-state index in [4.69, 9.17) is 9.84 Å². The summed E-state index contributed by atoms with van der Waals surface area (Å²) < 4.78 is 5.30. The van der Waals surface area contributed by atoms with Crippen molar-refractivity contribution in [2.45, 2.75) is 31.8 Å². The fraction of sp³-hybridized carbons (Fsp3) is 0.667. The van der Waals surface area contributed by atoms with E-state index in [9.17, 15) is 9.59 Å². The molecule has 1 aliphatic heterocycles. The number of carboxylic acid groups (broad SMARTS) is 1. The van der Waals surface area contributed by atoms with E-state index in [1.807, 2.05) is 12.2 Å². The summed E-state index contributed by atoms with van der Waals surface area (Å²) in [6.07, 6.45) is 5.76. The molecule has 0 radical (unpaired) electrons. The van der Waals surface area contributed by atoms with Gasteiger partial charge in [-0.05, 0) is 19.3 Å². The number of carbonyl (C=O) groups is 2.